The molecule has 0 N–H and O–H groups in total. The van der Waals surface area contributed by atoms with E-state index in [9.17, 15) is 0 Å². The predicted molar refractivity (Wildman–Crippen MR) is 54.3 cm³/mol. The number of hydrogen-bond donors (Lipinski definition) is 0. The molecule has 0 amide bonds. The Morgan fingerprint density at radius 3 is 1.90 bits per heavy atom. The van der Waals surface area contributed by atoms with Crippen molar-refractivity contribution in [1.82, 2.24) is 0 Å². The van der Waals surface area contributed by atoms with E-state index >= 15 is 0 Å². The molecule has 0 atom stereocenters. The Labute approximate surface area is 95.6 Å². The quantitative estimate of drug-likeness (QED) is 0.364. The van der Waals surface area contributed by atoms with Gasteiger partial charge in [0.05, 0.1) is 0 Å². The van der Waals surface area contributed by atoms with Gasteiger partial charge in [0.25, 0.3) is 0 Å². The van der Waals surface area contributed by atoms with Crippen molar-refractivity contribution in [3.05, 3.63) is 0 Å². The first-order valence-electron chi connectivity index (χ1n) is 3.97. The van der Waals surface area contributed by atoms with Crippen molar-refractivity contribution in [1.29, 1.82) is 0 Å². The molecule has 0 aliphatic rings. The Morgan fingerprint density at radius 1 is 0.900 bits per heavy atom. The van der Waals surface area contributed by atoms with Crippen LogP contribution in [-0.2, 0) is 0 Å². The van der Waals surface area contributed by atoms with Crippen molar-refractivity contribution in [3.8, 4) is 0 Å². The van der Waals surface area contributed by atoms with Gasteiger partial charge in [0.2, 0.25) is 0 Å². The molecule has 0 aromatic heterocycles. The van der Waals surface area contributed by atoms with Crippen LogP contribution < -0.4 is 0 Å². The minimum atomic E-state index is 0. The molecule has 0 spiro atoms. The summed E-state index contributed by atoms with van der Waals surface area (Å²) in [4.78, 5) is 0. The van der Waals surface area contributed by atoms with Crippen LogP contribution in [0.3, 0.4) is 0 Å². The van der Waals surface area contributed by atoms with E-state index in [0.29, 0.717) is 0 Å². The third-order valence-electron chi connectivity index (χ3n) is 1.49. The summed E-state index contributed by atoms with van der Waals surface area (Å²) in [6.07, 6.45) is 8.40. The first-order valence-corrected chi connectivity index (χ1v) is 5.10. The van der Waals surface area contributed by atoms with Crippen LogP contribution in [-0.4, -0.2) is 34.9 Å². The second-order valence-corrected chi connectivity index (χ2v) is 3.25. The van der Waals surface area contributed by atoms with E-state index in [2.05, 4.69) is 22.9 Å². The Morgan fingerprint density at radius 2 is 1.40 bits per heavy atom. The molecular weight excluding hydrogens is 199 g/mol. The molecule has 58 valence electrons. The van der Waals surface area contributed by atoms with Crippen LogP contribution in [0.15, 0.2) is 0 Å². The summed E-state index contributed by atoms with van der Waals surface area (Å²) in [6.45, 7) is 2.25. The fraction of sp³-hybridized carbons (Fsp3) is 1.00. The van der Waals surface area contributed by atoms with E-state index < -0.39 is 0 Å². The normalized spacial score (nSPS) is 9.00. The molecule has 0 saturated heterocycles. The molecule has 0 unspecified atom stereocenters. The second kappa shape index (κ2) is 13.1. The van der Waals surface area contributed by atoms with Gasteiger partial charge in [-0.05, 0) is 6.42 Å². The summed E-state index contributed by atoms with van der Waals surface area (Å²) in [6, 6.07) is 0. The van der Waals surface area contributed by atoms with E-state index in [1.165, 1.54) is 43.9 Å². The van der Waals surface area contributed by atoms with Gasteiger partial charge in [0.15, 0.2) is 0 Å². The SMILES string of the molecule is CCCCCCCCBr.[NaH]. The van der Waals surface area contributed by atoms with Crippen molar-refractivity contribution in [2.75, 3.05) is 5.33 Å². The molecule has 10 heavy (non-hydrogen) atoms. The molecule has 0 saturated carbocycles. The van der Waals surface area contributed by atoms with Crippen LogP contribution in [0.4, 0.5) is 0 Å². The van der Waals surface area contributed by atoms with Crippen LogP contribution in [0.2, 0.25) is 0 Å². The zero-order chi connectivity index (χ0) is 6.95. The Kier molecular flexibility index (Phi) is 18.4. The van der Waals surface area contributed by atoms with Crippen molar-refractivity contribution >= 4 is 45.5 Å². The predicted octanol–water partition coefficient (Wildman–Crippen LogP) is 3.09. The van der Waals surface area contributed by atoms with E-state index in [-0.39, 0.29) is 29.6 Å². The van der Waals surface area contributed by atoms with Gasteiger partial charge in [-0.25, -0.2) is 0 Å². The van der Waals surface area contributed by atoms with Crippen molar-refractivity contribution in [3.63, 3.8) is 0 Å². The van der Waals surface area contributed by atoms with Crippen molar-refractivity contribution < 1.29 is 0 Å². The molecule has 0 aromatic carbocycles. The van der Waals surface area contributed by atoms with Gasteiger partial charge in [-0.15, -0.1) is 0 Å². The molecule has 0 aliphatic heterocycles. The summed E-state index contributed by atoms with van der Waals surface area (Å²) in [5.41, 5.74) is 0. The zero-order valence-electron chi connectivity index (χ0n) is 6.33. The number of unbranched alkanes of at least 4 members (excludes halogenated alkanes) is 5. The molecule has 0 rings (SSSR count). The molecule has 0 heterocycles. The van der Waals surface area contributed by atoms with Gasteiger partial charge < -0.3 is 0 Å². The summed E-state index contributed by atoms with van der Waals surface area (Å²) >= 11 is 3.42. The van der Waals surface area contributed by atoms with Crippen LogP contribution in [0.25, 0.3) is 0 Å². The topological polar surface area (TPSA) is 0 Å². The fourth-order valence-corrected chi connectivity index (χ4v) is 1.27. The first-order chi connectivity index (χ1) is 4.41. The van der Waals surface area contributed by atoms with Crippen LogP contribution in [0.1, 0.15) is 45.4 Å². The van der Waals surface area contributed by atoms with Crippen LogP contribution >= 0.6 is 15.9 Å². The minimum absolute atomic E-state index is 0. The van der Waals surface area contributed by atoms with Gasteiger partial charge >= 0.3 is 29.6 Å². The number of hydrogen-bond acceptors (Lipinski definition) is 0. The van der Waals surface area contributed by atoms with Crippen molar-refractivity contribution in [2.24, 2.45) is 0 Å². The molecular formula is C8H18BrNa. The number of alkyl halides is 1. The molecule has 0 aromatic rings. The van der Waals surface area contributed by atoms with E-state index in [0.717, 1.165) is 0 Å². The Hall–Kier alpha value is 1.48. The third kappa shape index (κ3) is 12.2. The number of halogens is 1. The summed E-state index contributed by atoms with van der Waals surface area (Å²) in [5.74, 6) is 0. The van der Waals surface area contributed by atoms with Gasteiger partial charge in [-0.1, -0.05) is 55.0 Å². The van der Waals surface area contributed by atoms with Gasteiger partial charge in [-0.3, -0.25) is 0 Å². The zero-order valence-corrected chi connectivity index (χ0v) is 7.91. The summed E-state index contributed by atoms with van der Waals surface area (Å²) < 4.78 is 0. The van der Waals surface area contributed by atoms with Crippen LogP contribution in [0, 0.1) is 0 Å². The third-order valence-corrected chi connectivity index (χ3v) is 2.05. The maximum absolute atomic E-state index is 3.42. The standard InChI is InChI=1S/C8H17Br.Na.H/c1-2-3-4-5-6-7-8-9;;/h2-8H2,1H3;;. The van der Waals surface area contributed by atoms with Crippen LogP contribution in [0.5, 0.6) is 0 Å². The second-order valence-electron chi connectivity index (χ2n) is 2.46. The molecule has 0 aliphatic carbocycles. The first kappa shape index (κ1) is 14.0. The fourth-order valence-electron chi connectivity index (χ4n) is 0.875. The Balaban J connectivity index is 0. The average Bonchev–Trinajstić information content (AvgIpc) is 1.89. The van der Waals surface area contributed by atoms with E-state index in [1.54, 1.807) is 0 Å². The van der Waals surface area contributed by atoms with Gasteiger partial charge in [-0.2, -0.15) is 0 Å². The molecule has 2 heteroatoms. The molecule has 0 fully saturated rings. The molecule has 0 bridgehead atoms. The summed E-state index contributed by atoms with van der Waals surface area (Å²) in [7, 11) is 0. The summed E-state index contributed by atoms with van der Waals surface area (Å²) in [5, 5.41) is 1.18. The number of rotatable bonds is 6. The van der Waals surface area contributed by atoms with Crippen molar-refractivity contribution in [2.45, 2.75) is 45.4 Å². The maximum atomic E-state index is 3.42. The van der Waals surface area contributed by atoms with E-state index in [4.69, 9.17) is 0 Å². The molecule has 0 radical (unpaired) electrons. The monoisotopic (exact) mass is 216 g/mol. The van der Waals surface area contributed by atoms with Gasteiger partial charge in [0, 0.05) is 5.33 Å². The Bertz CT molecular complexity index is 42.5. The average molecular weight is 217 g/mol. The van der Waals surface area contributed by atoms with E-state index in [1.807, 2.05) is 0 Å². The van der Waals surface area contributed by atoms with Gasteiger partial charge in [0.1, 0.15) is 0 Å². The molecule has 0 nitrogen and oxygen atoms in total.